The Morgan fingerprint density at radius 3 is 2.75 bits per heavy atom. The van der Waals surface area contributed by atoms with Gasteiger partial charge in [0.05, 0.1) is 15.7 Å². The van der Waals surface area contributed by atoms with Crippen LogP contribution in [0.2, 0.25) is 0 Å². The van der Waals surface area contributed by atoms with E-state index < -0.39 is 11.1 Å². The van der Waals surface area contributed by atoms with Gasteiger partial charge >= 0.3 is 11.1 Å². The highest BCUT2D eigenvalue weighted by atomic mass is 32.1. The summed E-state index contributed by atoms with van der Waals surface area (Å²) in [5.41, 5.74) is 5.89. The minimum atomic E-state index is -0.688. The highest BCUT2D eigenvalue weighted by Crippen LogP contribution is 2.27. The van der Waals surface area contributed by atoms with Crippen LogP contribution in [-0.2, 0) is 0 Å². The predicted octanol–water partition coefficient (Wildman–Crippen LogP) is 0.408. The summed E-state index contributed by atoms with van der Waals surface area (Å²) >= 11 is 1.33. The third-order valence-electron chi connectivity index (χ3n) is 2.27. The van der Waals surface area contributed by atoms with Gasteiger partial charge in [-0.3, -0.25) is 9.59 Å². The number of hydrogen-bond donors (Lipinski definition) is 3. The number of benzene rings is 1. The zero-order valence-corrected chi connectivity index (χ0v) is 8.72. The van der Waals surface area contributed by atoms with Crippen LogP contribution >= 0.6 is 11.3 Å². The van der Waals surface area contributed by atoms with E-state index in [-0.39, 0.29) is 0 Å². The van der Waals surface area contributed by atoms with E-state index in [1.807, 2.05) is 0 Å². The minimum absolute atomic E-state index is 0.426. The third-order valence-corrected chi connectivity index (χ3v) is 3.12. The maximum atomic E-state index is 11.2. The molecule has 0 amide bonds. The van der Waals surface area contributed by atoms with Crippen molar-refractivity contribution in [2.45, 2.75) is 0 Å². The summed E-state index contributed by atoms with van der Waals surface area (Å²) in [6.45, 7) is 0. The summed E-state index contributed by atoms with van der Waals surface area (Å²) in [6, 6.07) is 3.52. The molecule has 0 radical (unpaired) electrons. The second kappa shape index (κ2) is 2.92. The van der Waals surface area contributed by atoms with Crippen LogP contribution < -0.4 is 16.9 Å². The Morgan fingerprint density at radius 2 is 1.94 bits per heavy atom. The van der Waals surface area contributed by atoms with Crippen molar-refractivity contribution in [2.24, 2.45) is 0 Å². The number of nitrogens with two attached hydrogens (primary N) is 1. The molecule has 3 aromatic rings. The molecule has 0 saturated carbocycles. The van der Waals surface area contributed by atoms with Crippen molar-refractivity contribution in [2.75, 3.05) is 5.73 Å². The number of thiazole rings is 1. The number of nitrogens with zero attached hydrogens (tertiary/aromatic N) is 1. The summed E-state index contributed by atoms with van der Waals surface area (Å²) < 4.78 is 0.868. The van der Waals surface area contributed by atoms with Crippen LogP contribution in [0.15, 0.2) is 21.7 Å². The molecule has 2 aromatic heterocycles. The molecule has 3 rings (SSSR count). The van der Waals surface area contributed by atoms with Gasteiger partial charge in [0, 0.05) is 0 Å². The number of anilines is 1. The second-order valence-electron chi connectivity index (χ2n) is 3.30. The van der Waals surface area contributed by atoms with E-state index in [9.17, 15) is 9.59 Å². The quantitative estimate of drug-likeness (QED) is 0.490. The Bertz CT molecular complexity index is 814. The number of fused-ring (bicyclic) bond motifs is 3. The van der Waals surface area contributed by atoms with Crippen molar-refractivity contribution in [1.82, 2.24) is 15.0 Å². The Morgan fingerprint density at radius 1 is 1.19 bits per heavy atom. The van der Waals surface area contributed by atoms with E-state index in [2.05, 4.69) is 15.0 Å². The summed E-state index contributed by atoms with van der Waals surface area (Å²) in [7, 11) is 0. The summed E-state index contributed by atoms with van der Waals surface area (Å²) in [4.78, 5) is 31.5. The molecule has 2 heterocycles. The Kier molecular flexibility index (Phi) is 1.66. The van der Waals surface area contributed by atoms with E-state index in [0.29, 0.717) is 21.7 Å². The van der Waals surface area contributed by atoms with Crippen LogP contribution in [0.25, 0.3) is 21.3 Å². The minimum Gasteiger partial charge on any atom is -0.375 e. The summed E-state index contributed by atoms with van der Waals surface area (Å²) in [5.74, 6) is 0. The number of rotatable bonds is 0. The van der Waals surface area contributed by atoms with Crippen molar-refractivity contribution in [1.29, 1.82) is 0 Å². The first-order chi connectivity index (χ1) is 7.65. The Balaban J connectivity index is 2.64. The molecule has 0 atom stereocenters. The fourth-order valence-electron chi connectivity index (χ4n) is 1.59. The summed E-state index contributed by atoms with van der Waals surface area (Å²) in [6.07, 6.45) is 0. The lowest BCUT2D eigenvalue weighted by atomic mass is 10.3. The molecule has 4 N–H and O–H groups in total. The summed E-state index contributed by atoms with van der Waals surface area (Å²) in [5, 5.41) is 0.426. The van der Waals surface area contributed by atoms with Crippen LogP contribution in [0.5, 0.6) is 0 Å². The highest BCUT2D eigenvalue weighted by Gasteiger charge is 2.07. The maximum Gasteiger partial charge on any atom is 0.314 e. The van der Waals surface area contributed by atoms with Crippen LogP contribution in [0.4, 0.5) is 5.13 Å². The Labute approximate surface area is 91.8 Å². The number of H-pyrrole nitrogens is 2. The fraction of sp³-hybridized carbons (Fsp3) is 0. The van der Waals surface area contributed by atoms with Gasteiger partial charge in [-0.1, -0.05) is 11.3 Å². The van der Waals surface area contributed by atoms with Gasteiger partial charge < -0.3 is 15.7 Å². The average molecular weight is 234 g/mol. The van der Waals surface area contributed by atoms with Gasteiger partial charge in [0.15, 0.2) is 5.13 Å². The zero-order valence-electron chi connectivity index (χ0n) is 7.90. The van der Waals surface area contributed by atoms with E-state index in [1.165, 1.54) is 11.3 Å². The monoisotopic (exact) mass is 234 g/mol. The second-order valence-corrected chi connectivity index (χ2v) is 4.36. The molecule has 0 aliphatic carbocycles. The number of nitrogen functional groups attached to an aromatic ring is 1. The first kappa shape index (κ1) is 9.10. The SMILES string of the molecule is Nc1nc2c(ccc3[nH]c(=O)c(=O)[nH]c32)s1. The van der Waals surface area contributed by atoms with Gasteiger partial charge in [0.2, 0.25) is 0 Å². The first-order valence-corrected chi connectivity index (χ1v) is 5.28. The van der Waals surface area contributed by atoms with Crippen molar-refractivity contribution < 1.29 is 0 Å². The standard InChI is InChI=1S/C9H6N4O2S/c10-9-13-6-4(16-9)2-1-3-5(6)12-8(15)7(14)11-3/h1-2H,(H2,10,13)(H,11,14)(H,12,15). The number of aromatic amines is 2. The lowest BCUT2D eigenvalue weighted by Gasteiger charge is -1.96. The average Bonchev–Trinajstić information content (AvgIpc) is 2.61. The Hall–Kier alpha value is -2.15. The van der Waals surface area contributed by atoms with Crippen molar-refractivity contribution in [3.63, 3.8) is 0 Å². The molecule has 0 saturated heterocycles. The number of aromatic nitrogens is 3. The van der Waals surface area contributed by atoms with E-state index in [1.54, 1.807) is 12.1 Å². The molecule has 0 aliphatic heterocycles. The molecule has 0 unspecified atom stereocenters. The third kappa shape index (κ3) is 1.15. The molecule has 0 aliphatic rings. The van der Waals surface area contributed by atoms with Gasteiger partial charge in [-0.25, -0.2) is 4.98 Å². The van der Waals surface area contributed by atoms with Crippen LogP contribution in [0.1, 0.15) is 0 Å². The maximum absolute atomic E-state index is 11.2. The van der Waals surface area contributed by atoms with Gasteiger partial charge in [-0.2, -0.15) is 0 Å². The smallest absolute Gasteiger partial charge is 0.314 e. The van der Waals surface area contributed by atoms with Crippen LogP contribution in [0.3, 0.4) is 0 Å². The molecule has 7 heteroatoms. The van der Waals surface area contributed by atoms with Gasteiger partial charge in [-0.15, -0.1) is 0 Å². The molecule has 16 heavy (non-hydrogen) atoms. The predicted molar refractivity (Wildman–Crippen MR) is 62.8 cm³/mol. The number of nitrogens with one attached hydrogen (secondary N) is 2. The van der Waals surface area contributed by atoms with Crippen LogP contribution in [-0.4, -0.2) is 15.0 Å². The van der Waals surface area contributed by atoms with Crippen molar-refractivity contribution in [3.05, 3.63) is 32.8 Å². The topological polar surface area (TPSA) is 105 Å². The molecule has 0 spiro atoms. The molecular formula is C9H6N4O2S. The lowest BCUT2D eigenvalue weighted by molar-refractivity contribution is 1.15. The fourth-order valence-corrected chi connectivity index (χ4v) is 2.33. The van der Waals surface area contributed by atoms with Crippen molar-refractivity contribution >= 4 is 37.7 Å². The van der Waals surface area contributed by atoms with Gasteiger partial charge in [0.25, 0.3) is 0 Å². The first-order valence-electron chi connectivity index (χ1n) is 4.46. The van der Waals surface area contributed by atoms with Gasteiger partial charge in [-0.05, 0) is 12.1 Å². The molecule has 1 aromatic carbocycles. The molecular weight excluding hydrogens is 228 g/mol. The number of hydrogen-bond acceptors (Lipinski definition) is 5. The highest BCUT2D eigenvalue weighted by molar-refractivity contribution is 7.22. The van der Waals surface area contributed by atoms with E-state index in [4.69, 9.17) is 5.73 Å². The van der Waals surface area contributed by atoms with Crippen LogP contribution in [0, 0.1) is 0 Å². The lowest BCUT2D eigenvalue weighted by Crippen LogP contribution is -2.28. The molecule has 80 valence electrons. The zero-order chi connectivity index (χ0) is 11.3. The van der Waals surface area contributed by atoms with Gasteiger partial charge in [0.1, 0.15) is 5.52 Å². The van der Waals surface area contributed by atoms with E-state index >= 15 is 0 Å². The van der Waals surface area contributed by atoms with Crippen molar-refractivity contribution in [3.8, 4) is 0 Å². The van der Waals surface area contributed by atoms with E-state index in [0.717, 1.165) is 4.70 Å². The largest absolute Gasteiger partial charge is 0.375 e. The molecule has 0 bridgehead atoms. The molecule has 0 fully saturated rings. The molecule has 6 nitrogen and oxygen atoms in total. The normalized spacial score (nSPS) is 11.2.